The molecule has 0 aliphatic rings. The third-order valence-corrected chi connectivity index (χ3v) is 17.8. The normalized spacial score (nSPS) is 11.8. The minimum absolute atomic E-state index is 0.188. The van der Waals surface area contributed by atoms with Crippen LogP contribution in [0.25, 0.3) is 89.0 Å². The lowest BCUT2D eigenvalue weighted by Crippen LogP contribution is -2.20. The lowest BCUT2D eigenvalue weighted by Gasteiger charge is -2.37. The van der Waals surface area contributed by atoms with Crippen LogP contribution in [-0.4, -0.2) is 0 Å². The third-order valence-electron chi connectivity index (χ3n) is 17.8. The van der Waals surface area contributed by atoms with Crippen molar-refractivity contribution in [2.75, 3.05) is 9.80 Å². The first-order valence-corrected chi connectivity index (χ1v) is 32.4. The molecule has 0 bridgehead atoms. The molecule has 0 heterocycles. The maximum atomic E-state index is 2.61. The largest absolute Gasteiger partial charge is 0.309 e. The van der Waals surface area contributed by atoms with Crippen molar-refractivity contribution in [2.45, 2.75) is 78.6 Å². The summed E-state index contributed by atoms with van der Waals surface area (Å²) in [5.41, 5.74) is 27.5. The number of benzene rings is 13. The monoisotopic (exact) mass is 1190 g/mol. The van der Waals surface area contributed by atoms with Gasteiger partial charge in [0.1, 0.15) is 0 Å². The molecule has 2 heteroatoms. The summed E-state index contributed by atoms with van der Waals surface area (Å²) < 4.78 is 0. The van der Waals surface area contributed by atoms with E-state index in [9.17, 15) is 0 Å². The topological polar surface area (TPSA) is 6.48 Å². The first-order chi connectivity index (χ1) is 44.5. The van der Waals surface area contributed by atoms with Gasteiger partial charge in [0, 0.05) is 45.0 Å². The molecule has 0 aromatic heterocycles. The molecule has 0 aliphatic heterocycles. The minimum Gasteiger partial charge on any atom is -0.309 e. The van der Waals surface area contributed by atoms with Crippen LogP contribution in [0.1, 0.15) is 79.0 Å². The van der Waals surface area contributed by atoms with Crippen LogP contribution >= 0.6 is 0 Å². The van der Waals surface area contributed by atoms with Crippen LogP contribution in [-0.2, 0) is 16.2 Å². The summed E-state index contributed by atoms with van der Waals surface area (Å²) in [5, 5.41) is 0. The lowest BCUT2D eigenvalue weighted by molar-refractivity contribution is 0.590. The molecule has 0 unspecified atom stereocenters. The first kappa shape index (κ1) is 60.4. The highest BCUT2D eigenvalue weighted by molar-refractivity contribution is 6.03. The Morgan fingerprint density at radius 3 is 0.565 bits per heavy atom. The van der Waals surface area contributed by atoms with Gasteiger partial charge in [-0.15, -0.1) is 0 Å². The number of hydrogen-bond donors (Lipinski definition) is 0. The standard InChI is InChI=1S/C90H80N2/c1-88(2,3)75-56-80(91(78-52-71(63-34-18-10-19-35-63)50-72(53-78)64-36-20-11-21-37-64)86-82(67-42-26-14-27-43-67)58-76(89(4,5)6)59-83(86)68-44-28-15-29-45-68)62-81(57-75)92(79-54-73(65-38-22-12-23-39-65)51-74(55-79)66-40-24-13-25-41-66)87-84(69-46-30-16-31-47-69)60-77(90(7,8)9)61-85(87)70-48-32-17-33-49-70/h10-62H,1-9H3. The van der Waals surface area contributed by atoms with Gasteiger partial charge in [-0.05, 0) is 179 Å². The summed E-state index contributed by atoms with van der Waals surface area (Å²) in [6.07, 6.45) is 0. The van der Waals surface area contributed by atoms with Gasteiger partial charge in [0.2, 0.25) is 0 Å². The molecule has 0 saturated carbocycles. The van der Waals surface area contributed by atoms with E-state index >= 15 is 0 Å². The van der Waals surface area contributed by atoms with Gasteiger partial charge in [0.25, 0.3) is 0 Å². The van der Waals surface area contributed by atoms with Gasteiger partial charge < -0.3 is 9.80 Å². The van der Waals surface area contributed by atoms with Crippen LogP contribution in [0.2, 0.25) is 0 Å². The van der Waals surface area contributed by atoms with Crippen molar-refractivity contribution < 1.29 is 0 Å². The molecule has 0 saturated heterocycles. The Balaban J connectivity index is 1.24. The molecule has 0 aliphatic carbocycles. The predicted molar refractivity (Wildman–Crippen MR) is 395 cm³/mol. The van der Waals surface area contributed by atoms with Gasteiger partial charge in [-0.25, -0.2) is 0 Å². The molecule has 13 aromatic rings. The van der Waals surface area contributed by atoms with Gasteiger partial charge in [0.05, 0.1) is 11.4 Å². The van der Waals surface area contributed by atoms with E-state index in [0.717, 1.165) is 123 Å². The quantitative estimate of drug-likeness (QED) is 0.107. The maximum absolute atomic E-state index is 2.61. The smallest absolute Gasteiger partial charge is 0.0618 e. The highest BCUT2D eigenvalue weighted by Crippen LogP contribution is 2.55. The molecule has 13 aromatic carbocycles. The van der Waals surface area contributed by atoms with Crippen molar-refractivity contribution in [3.63, 3.8) is 0 Å². The van der Waals surface area contributed by atoms with E-state index in [-0.39, 0.29) is 16.2 Å². The molecular formula is C90H80N2. The molecule has 0 fully saturated rings. The summed E-state index contributed by atoms with van der Waals surface area (Å²) in [5.74, 6) is 0. The zero-order valence-corrected chi connectivity index (χ0v) is 54.5. The van der Waals surface area contributed by atoms with Crippen molar-refractivity contribution in [3.05, 3.63) is 338 Å². The third kappa shape index (κ3) is 12.8. The van der Waals surface area contributed by atoms with Gasteiger partial charge in [-0.2, -0.15) is 0 Å². The van der Waals surface area contributed by atoms with Crippen LogP contribution < -0.4 is 9.80 Å². The summed E-state index contributed by atoms with van der Waals surface area (Å²) in [4.78, 5) is 5.23. The van der Waals surface area contributed by atoms with E-state index in [1.165, 1.54) is 16.7 Å². The van der Waals surface area contributed by atoms with Crippen molar-refractivity contribution in [3.8, 4) is 89.0 Å². The fourth-order valence-electron chi connectivity index (χ4n) is 12.7. The Morgan fingerprint density at radius 1 is 0.174 bits per heavy atom. The van der Waals surface area contributed by atoms with E-state index in [0.29, 0.717) is 0 Å². The van der Waals surface area contributed by atoms with E-state index in [2.05, 4.69) is 394 Å². The fourth-order valence-corrected chi connectivity index (χ4v) is 12.7. The molecule has 92 heavy (non-hydrogen) atoms. The number of nitrogens with zero attached hydrogens (tertiary/aromatic N) is 2. The molecule has 0 radical (unpaired) electrons. The number of rotatable bonds is 14. The minimum atomic E-state index is -0.342. The van der Waals surface area contributed by atoms with Crippen LogP contribution in [0.4, 0.5) is 34.1 Å². The molecule has 13 rings (SSSR count). The Kier molecular flexibility index (Phi) is 16.7. The number of hydrogen-bond acceptors (Lipinski definition) is 2. The zero-order valence-electron chi connectivity index (χ0n) is 54.5. The molecule has 450 valence electrons. The second-order valence-corrected chi connectivity index (χ2v) is 27.5. The summed E-state index contributed by atoms with van der Waals surface area (Å²) in [7, 11) is 0. The maximum Gasteiger partial charge on any atom is 0.0618 e. The first-order valence-electron chi connectivity index (χ1n) is 32.4. The van der Waals surface area contributed by atoms with Crippen molar-refractivity contribution in [2.24, 2.45) is 0 Å². The summed E-state index contributed by atoms with van der Waals surface area (Å²) >= 11 is 0. The Hall–Kier alpha value is -10.5. The Labute approximate surface area is 546 Å². The van der Waals surface area contributed by atoms with Crippen LogP contribution in [0.15, 0.2) is 322 Å². The van der Waals surface area contributed by atoms with Crippen molar-refractivity contribution in [1.29, 1.82) is 0 Å². The molecule has 0 atom stereocenters. The highest BCUT2D eigenvalue weighted by Gasteiger charge is 2.32. The van der Waals surface area contributed by atoms with Gasteiger partial charge in [0.15, 0.2) is 0 Å². The summed E-state index contributed by atoms with van der Waals surface area (Å²) in [6.45, 7) is 21.1. The molecule has 2 nitrogen and oxygen atoms in total. The van der Waals surface area contributed by atoms with Gasteiger partial charge >= 0.3 is 0 Å². The second kappa shape index (κ2) is 25.4. The zero-order chi connectivity index (χ0) is 63.6. The van der Waals surface area contributed by atoms with Gasteiger partial charge in [-0.3, -0.25) is 0 Å². The highest BCUT2D eigenvalue weighted by atomic mass is 15.2. The van der Waals surface area contributed by atoms with Crippen LogP contribution in [0.3, 0.4) is 0 Å². The van der Waals surface area contributed by atoms with E-state index in [1.807, 2.05) is 0 Å². The Morgan fingerprint density at radius 2 is 0.359 bits per heavy atom. The summed E-state index contributed by atoms with van der Waals surface area (Å²) in [6, 6.07) is 120. The van der Waals surface area contributed by atoms with E-state index < -0.39 is 0 Å². The molecular weight excluding hydrogens is 1110 g/mol. The van der Waals surface area contributed by atoms with Crippen LogP contribution in [0.5, 0.6) is 0 Å². The number of anilines is 6. The van der Waals surface area contributed by atoms with E-state index in [4.69, 9.17) is 0 Å². The average Bonchev–Trinajstić information content (AvgIpc) is 0.742. The molecule has 0 amide bonds. The second-order valence-electron chi connectivity index (χ2n) is 27.5. The Bertz CT molecular complexity index is 4140. The van der Waals surface area contributed by atoms with Crippen molar-refractivity contribution >= 4 is 34.1 Å². The van der Waals surface area contributed by atoms with E-state index in [1.54, 1.807) is 0 Å². The van der Waals surface area contributed by atoms with Gasteiger partial charge in [-0.1, -0.05) is 305 Å². The fraction of sp³-hybridized carbons (Fsp3) is 0.133. The predicted octanol–water partition coefficient (Wildman–Crippen LogP) is 25.9. The van der Waals surface area contributed by atoms with Crippen LogP contribution in [0, 0.1) is 0 Å². The molecule has 0 N–H and O–H groups in total. The SMILES string of the molecule is CC(C)(C)c1cc(N(c2cc(-c3ccccc3)cc(-c3ccccc3)c2)c2c(-c3ccccc3)cc(C(C)(C)C)cc2-c2ccccc2)cc(N(c2cc(-c3ccccc3)cc(-c3ccccc3)c2)c2c(-c3ccccc3)cc(C(C)(C)C)cc2-c2ccccc2)c1. The average molecular weight is 1190 g/mol. The molecule has 0 spiro atoms. The van der Waals surface area contributed by atoms with Crippen molar-refractivity contribution in [1.82, 2.24) is 0 Å². The lowest BCUT2D eigenvalue weighted by atomic mass is 9.81.